The number of rotatable bonds is 15. The van der Waals surface area contributed by atoms with E-state index < -0.39 is 0 Å². The van der Waals surface area contributed by atoms with Crippen molar-refractivity contribution >= 4 is 43.7 Å². The summed E-state index contributed by atoms with van der Waals surface area (Å²) in [4.78, 5) is 11.3. The van der Waals surface area contributed by atoms with Crippen molar-refractivity contribution in [3.8, 4) is 0 Å². The minimum Gasteiger partial charge on any atom is -0.347 e. The molecule has 2 rings (SSSR count). The van der Waals surface area contributed by atoms with Gasteiger partial charge in [0.2, 0.25) is 5.69 Å². The summed E-state index contributed by atoms with van der Waals surface area (Å²) in [5.41, 5.74) is 2.03. The summed E-state index contributed by atoms with van der Waals surface area (Å²) < 4.78 is 4.29. The summed E-state index contributed by atoms with van der Waals surface area (Å²) in [6.45, 7) is 27.1. The number of aromatic nitrogens is 2. The highest BCUT2D eigenvalue weighted by atomic mass is 32.1. The van der Waals surface area contributed by atoms with E-state index in [4.69, 9.17) is 11.6 Å². The highest BCUT2D eigenvalue weighted by Crippen LogP contribution is 2.43. The smallest absolute Gasteiger partial charge is 0.247 e. The van der Waals surface area contributed by atoms with Crippen molar-refractivity contribution in [2.24, 2.45) is 22.1 Å². The van der Waals surface area contributed by atoms with Crippen LogP contribution in [0.1, 0.15) is 111 Å². The summed E-state index contributed by atoms with van der Waals surface area (Å²) in [6.07, 6.45) is 9.96. The van der Waals surface area contributed by atoms with Gasteiger partial charge in [-0.25, -0.2) is 14.2 Å². The Morgan fingerprint density at radius 2 is 1.50 bits per heavy atom. The van der Waals surface area contributed by atoms with Crippen molar-refractivity contribution in [3.63, 3.8) is 0 Å². The fraction of sp³-hybridized carbons (Fsp3) is 0.750. The van der Waals surface area contributed by atoms with Gasteiger partial charge in [-0.05, 0) is 43.1 Å². The number of nitrogens with zero attached hydrogens (tertiary/aromatic N) is 6. The molecule has 0 N–H and O–H groups in total. The van der Waals surface area contributed by atoms with Gasteiger partial charge >= 0.3 is 0 Å². The van der Waals surface area contributed by atoms with Crippen molar-refractivity contribution in [2.45, 2.75) is 112 Å². The number of anilines is 1. The number of azo groups is 1. The molecule has 6 nitrogen and oxygen atoms in total. The number of hydrogen-bond acceptors (Lipinski definition) is 7. The summed E-state index contributed by atoms with van der Waals surface area (Å²) in [6, 6.07) is 0. The van der Waals surface area contributed by atoms with E-state index in [1.807, 2.05) is 6.92 Å². The molecular weight excluding hydrogens is 484 g/mol. The SMILES string of the molecule is [C-]#[N+]c1c(C)nsc1N=Nc1sc(N(CC(CC)CCCC)CC(CC)CCCC)nc1C(C)(C)C. The normalized spacial score (nSPS) is 13.8. The molecule has 0 bridgehead atoms. The summed E-state index contributed by atoms with van der Waals surface area (Å²) in [7, 11) is 0. The fourth-order valence-electron chi connectivity index (χ4n) is 4.32. The quantitative estimate of drug-likeness (QED) is 0.170. The molecule has 200 valence electrons. The Kier molecular flexibility index (Phi) is 12.5. The molecule has 0 aliphatic heterocycles. The molecule has 2 heterocycles. The molecule has 2 atom stereocenters. The molecule has 2 aromatic heterocycles. The first-order valence-electron chi connectivity index (χ1n) is 13.7. The second-order valence-corrected chi connectivity index (χ2v) is 12.6. The van der Waals surface area contributed by atoms with Gasteiger partial charge in [-0.3, -0.25) is 0 Å². The third-order valence-electron chi connectivity index (χ3n) is 6.78. The van der Waals surface area contributed by atoms with Crippen molar-refractivity contribution in [3.05, 3.63) is 22.8 Å². The average molecular weight is 531 g/mol. The van der Waals surface area contributed by atoms with Crippen LogP contribution in [0.4, 0.5) is 20.8 Å². The second kappa shape index (κ2) is 14.8. The zero-order chi connectivity index (χ0) is 26.7. The minimum atomic E-state index is -0.153. The molecule has 0 aliphatic carbocycles. The Morgan fingerprint density at radius 3 is 1.97 bits per heavy atom. The van der Waals surface area contributed by atoms with Gasteiger partial charge in [-0.1, -0.05) is 98.3 Å². The lowest BCUT2D eigenvalue weighted by molar-refractivity contribution is 0.403. The van der Waals surface area contributed by atoms with Gasteiger partial charge in [0.15, 0.2) is 15.1 Å². The molecule has 36 heavy (non-hydrogen) atoms. The molecule has 8 heteroatoms. The molecule has 0 aromatic carbocycles. The topological polar surface area (TPSA) is 58.1 Å². The third kappa shape index (κ3) is 8.62. The summed E-state index contributed by atoms with van der Waals surface area (Å²) >= 11 is 2.88. The van der Waals surface area contributed by atoms with Crippen molar-refractivity contribution in [1.29, 1.82) is 0 Å². The van der Waals surface area contributed by atoms with Crippen LogP contribution in [-0.2, 0) is 5.41 Å². The molecule has 2 unspecified atom stereocenters. The molecular formula is C28H46N6S2. The molecule has 0 saturated heterocycles. The van der Waals surface area contributed by atoms with E-state index in [2.05, 4.69) is 72.8 Å². The second-order valence-electron chi connectivity index (χ2n) is 10.9. The van der Waals surface area contributed by atoms with Gasteiger partial charge in [0.1, 0.15) is 0 Å². The van der Waals surface area contributed by atoms with Gasteiger partial charge in [-0.15, -0.1) is 10.2 Å². The molecule has 0 radical (unpaired) electrons. The molecule has 0 spiro atoms. The van der Waals surface area contributed by atoms with Crippen LogP contribution in [-0.4, -0.2) is 22.4 Å². The summed E-state index contributed by atoms with van der Waals surface area (Å²) in [5, 5.41) is 11.6. The van der Waals surface area contributed by atoms with Crippen LogP contribution in [0.25, 0.3) is 4.85 Å². The Labute approximate surface area is 227 Å². The van der Waals surface area contributed by atoms with Crippen molar-refractivity contribution in [2.75, 3.05) is 18.0 Å². The number of aryl methyl sites for hydroxylation is 1. The molecule has 0 amide bonds. The van der Waals surface area contributed by atoms with Gasteiger partial charge in [0, 0.05) is 18.5 Å². The van der Waals surface area contributed by atoms with E-state index in [0.717, 1.165) is 28.9 Å². The van der Waals surface area contributed by atoms with Crippen LogP contribution in [0, 0.1) is 25.3 Å². The maximum absolute atomic E-state index is 7.46. The van der Waals surface area contributed by atoms with Crippen LogP contribution in [0.15, 0.2) is 10.2 Å². The Morgan fingerprint density at radius 1 is 0.944 bits per heavy atom. The molecule has 0 fully saturated rings. The highest BCUT2D eigenvalue weighted by Gasteiger charge is 2.27. The van der Waals surface area contributed by atoms with E-state index in [9.17, 15) is 0 Å². The average Bonchev–Trinajstić information content (AvgIpc) is 3.44. The lowest BCUT2D eigenvalue weighted by atomic mass is 9.92. The van der Waals surface area contributed by atoms with Crippen molar-refractivity contribution < 1.29 is 0 Å². The predicted molar refractivity (Wildman–Crippen MR) is 157 cm³/mol. The van der Waals surface area contributed by atoms with E-state index >= 15 is 0 Å². The summed E-state index contributed by atoms with van der Waals surface area (Å²) in [5.74, 6) is 1.34. The maximum atomic E-state index is 7.46. The number of thiazole rings is 1. The zero-order valence-electron chi connectivity index (χ0n) is 23.7. The number of hydrogen-bond donors (Lipinski definition) is 0. The van der Waals surface area contributed by atoms with Crippen LogP contribution >= 0.6 is 22.9 Å². The fourth-order valence-corrected chi connectivity index (χ4v) is 6.10. The lowest BCUT2D eigenvalue weighted by Crippen LogP contribution is -2.34. The maximum Gasteiger partial charge on any atom is 0.247 e. The van der Waals surface area contributed by atoms with Gasteiger partial charge in [0.05, 0.1) is 18.0 Å². The van der Waals surface area contributed by atoms with Gasteiger partial charge < -0.3 is 4.90 Å². The van der Waals surface area contributed by atoms with E-state index in [1.165, 1.54) is 62.9 Å². The van der Waals surface area contributed by atoms with Crippen molar-refractivity contribution in [1.82, 2.24) is 9.36 Å². The molecule has 0 saturated carbocycles. The first-order valence-corrected chi connectivity index (χ1v) is 15.3. The lowest BCUT2D eigenvalue weighted by Gasteiger charge is -2.30. The highest BCUT2D eigenvalue weighted by molar-refractivity contribution is 7.19. The first-order chi connectivity index (χ1) is 17.2. The predicted octanol–water partition coefficient (Wildman–Crippen LogP) is 10.4. The molecule has 0 aliphatic rings. The number of unbranched alkanes of at least 4 members (excludes halogenated alkanes) is 2. The Bertz CT molecular complexity index is 977. The third-order valence-corrected chi connectivity index (χ3v) is 8.59. The van der Waals surface area contributed by atoms with Crippen LogP contribution in [0.2, 0.25) is 0 Å². The minimum absolute atomic E-state index is 0.153. The molecule has 2 aromatic rings. The first kappa shape index (κ1) is 30.4. The standard InChI is InChI=1S/C28H46N6S2/c1-10-14-16-21(12-3)18-34(19-22(13-4)17-15-11-2)27-30-24(28(6,7)8)26(35-27)32-31-25-23(29-9)20(5)33-36-25/h21-22H,10-19H2,1-8H3. The largest absolute Gasteiger partial charge is 0.347 e. The van der Waals surface area contributed by atoms with Crippen LogP contribution < -0.4 is 4.90 Å². The van der Waals surface area contributed by atoms with Gasteiger partial charge in [0.25, 0.3) is 0 Å². The Hall–Kier alpha value is -1.85. The van der Waals surface area contributed by atoms with Crippen LogP contribution in [0.3, 0.4) is 0 Å². The van der Waals surface area contributed by atoms with E-state index in [0.29, 0.717) is 28.2 Å². The zero-order valence-corrected chi connectivity index (χ0v) is 25.4. The van der Waals surface area contributed by atoms with Crippen LogP contribution in [0.5, 0.6) is 0 Å². The van der Waals surface area contributed by atoms with E-state index in [1.54, 1.807) is 11.3 Å². The Balaban J connectivity index is 2.46. The monoisotopic (exact) mass is 530 g/mol. The van der Waals surface area contributed by atoms with E-state index in [-0.39, 0.29) is 5.41 Å². The van der Waals surface area contributed by atoms with Gasteiger partial charge in [-0.2, -0.15) is 0 Å².